The van der Waals surface area contributed by atoms with Crippen molar-refractivity contribution in [1.82, 2.24) is 10.6 Å². The first-order chi connectivity index (χ1) is 11.7. The van der Waals surface area contributed by atoms with Crippen LogP contribution in [0.2, 0.25) is 0 Å². The predicted octanol–water partition coefficient (Wildman–Crippen LogP) is 3.01. The molecule has 5 nitrogen and oxygen atoms in total. The molecular weight excluding hydrogens is 368 g/mol. The van der Waals surface area contributed by atoms with Crippen molar-refractivity contribution in [3.05, 3.63) is 28.7 Å². The van der Waals surface area contributed by atoms with E-state index in [1.807, 2.05) is 6.92 Å². The van der Waals surface area contributed by atoms with Crippen LogP contribution in [0, 0.1) is 0 Å². The number of halogens is 1. The molecule has 6 heteroatoms. The van der Waals surface area contributed by atoms with Gasteiger partial charge in [0.25, 0.3) is 0 Å². The summed E-state index contributed by atoms with van der Waals surface area (Å²) in [6.45, 7) is 9.41. The van der Waals surface area contributed by atoms with E-state index in [4.69, 9.17) is 4.74 Å². The third kappa shape index (κ3) is 6.32. The van der Waals surface area contributed by atoms with Crippen LogP contribution in [0.1, 0.15) is 26.7 Å². The lowest BCUT2D eigenvalue weighted by atomic mass is 10.3. The van der Waals surface area contributed by atoms with Gasteiger partial charge >= 0.3 is 0 Å². The van der Waals surface area contributed by atoms with Crippen molar-refractivity contribution < 1.29 is 4.74 Å². The van der Waals surface area contributed by atoms with Crippen molar-refractivity contribution in [3.63, 3.8) is 0 Å². The van der Waals surface area contributed by atoms with E-state index in [2.05, 4.69) is 67.6 Å². The Balaban J connectivity index is 1.82. The lowest BCUT2D eigenvalue weighted by molar-refractivity contribution is 0.146. The lowest BCUT2D eigenvalue weighted by Gasteiger charge is -2.20. The summed E-state index contributed by atoms with van der Waals surface area (Å²) in [5.41, 5.74) is 1.28. The molecule has 1 saturated heterocycles. The lowest BCUT2D eigenvalue weighted by Crippen LogP contribution is -2.44. The largest absolute Gasteiger partial charge is 0.382 e. The van der Waals surface area contributed by atoms with Crippen molar-refractivity contribution in [3.8, 4) is 0 Å². The minimum atomic E-state index is 0.429. The molecule has 0 radical (unpaired) electrons. The first kappa shape index (κ1) is 19.1. The number of ether oxygens (including phenoxy) is 1. The van der Waals surface area contributed by atoms with E-state index in [9.17, 15) is 0 Å². The summed E-state index contributed by atoms with van der Waals surface area (Å²) in [6.07, 6.45) is 2.08. The van der Waals surface area contributed by atoms with Crippen LogP contribution in [-0.4, -0.2) is 51.4 Å². The molecule has 0 spiro atoms. The second kappa shape index (κ2) is 10.6. The molecule has 1 aliphatic heterocycles. The Morgan fingerprint density at radius 2 is 2.12 bits per heavy atom. The van der Waals surface area contributed by atoms with Crippen LogP contribution >= 0.6 is 15.9 Å². The summed E-state index contributed by atoms with van der Waals surface area (Å²) in [6, 6.07) is 8.96. The number of benzene rings is 1. The second-order valence-electron chi connectivity index (χ2n) is 5.86. The van der Waals surface area contributed by atoms with E-state index in [0.717, 1.165) is 62.7 Å². The third-order valence-electron chi connectivity index (χ3n) is 3.99. The van der Waals surface area contributed by atoms with Crippen LogP contribution in [0.4, 0.5) is 5.69 Å². The van der Waals surface area contributed by atoms with Crippen LogP contribution in [0.15, 0.2) is 33.7 Å². The molecule has 0 aliphatic carbocycles. The van der Waals surface area contributed by atoms with Crippen molar-refractivity contribution in [2.75, 3.05) is 44.3 Å². The van der Waals surface area contributed by atoms with Gasteiger partial charge in [0, 0.05) is 55.6 Å². The maximum Gasteiger partial charge on any atom is 0.191 e. The van der Waals surface area contributed by atoms with Crippen molar-refractivity contribution in [2.24, 2.45) is 4.99 Å². The van der Waals surface area contributed by atoms with Crippen LogP contribution in [0.25, 0.3) is 0 Å². The fraction of sp³-hybridized carbons (Fsp3) is 0.611. The minimum Gasteiger partial charge on any atom is -0.382 e. The fourth-order valence-electron chi connectivity index (χ4n) is 2.78. The van der Waals surface area contributed by atoms with E-state index in [1.54, 1.807) is 0 Å². The van der Waals surface area contributed by atoms with Gasteiger partial charge in [-0.1, -0.05) is 15.9 Å². The smallest absolute Gasteiger partial charge is 0.191 e. The van der Waals surface area contributed by atoms with E-state index in [-0.39, 0.29) is 0 Å². The van der Waals surface area contributed by atoms with Gasteiger partial charge in [-0.15, -0.1) is 0 Å². The van der Waals surface area contributed by atoms with Gasteiger partial charge in [-0.25, -0.2) is 0 Å². The average Bonchev–Trinajstić information content (AvgIpc) is 3.04. The second-order valence-corrected chi connectivity index (χ2v) is 6.78. The van der Waals surface area contributed by atoms with E-state index in [0.29, 0.717) is 6.04 Å². The summed E-state index contributed by atoms with van der Waals surface area (Å²) in [5.74, 6) is 0.914. The number of nitrogens with zero attached hydrogens (tertiary/aromatic N) is 2. The number of hydrogen-bond acceptors (Lipinski definition) is 3. The van der Waals surface area contributed by atoms with Crippen molar-refractivity contribution in [1.29, 1.82) is 0 Å². The topological polar surface area (TPSA) is 48.9 Å². The minimum absolute atomic E-state index is 0.429. The Labute approximate surface area is 154 Å². The Kier molecular flexibility index (Phi) is 8.39. The molecule has 1 unspecified atom stereocenters. The molecule has 1 heterocycles. The highest BCUT2D eigenvalue weighted by Gasteiger charge is 2.23. The average molecular weight is 397 g/mol. The van der Waals surface area contributed by atoms with Crippen LogP contribution < -0.4 is 15.5 Å². The molecule has 1 atom stereocenters. The van der Waals surface area contributed by atoms with E-state index >= 15 is 0 Å². The molecule has 1 aliphatic rings. The SMILES string of the molecule is CCNC(=NCCCOCC)NC1CCN(c2ccc(Br)cc2)C1. The van der Waals surface area contributed by atoms with Gasteiger partial charge in [-0.3, -0.25) is 4.99 Å². The van der Waals surface area contributed by atoms with Crippen LogP contribution in [0.3, 0.4) is 0 Å². The number of rotatable bonds is 8. The third-order valence-corrected chi connectivity index (χ3v) is 4.51. The molecule has 1 aromatic carbocycles. The molecule has 0 amide bonds. The molecule has 2 N–H and O–H groups in total. The van der Waals surface area contributed by atoms with Gasteiger partial charge in [0.2, 0.25) is 0 Å². The van der Waals surface area contributed by atoms with Crippen molar-refractivity contribution in [2.45, 2.75) is 32.7 Å². The van der Waals surface area contributed by atoms with Gasteiger partial charge in [-0.05, 0) is 51.0 Å². The Morgan fingerprint density at radius 3 is 2.83 bits per heavy atom. The number of nitrogens with one attached hydrogen (secondary N) is 2. The van der Waals surface area contributed by atoms with Gasteiger partial charge in [0.15, 0.2) is 5.96 Å². The maximum absolute atomic E-state index is 5.36. The van der Waals surface area contributed by atoms with Crippen LogP contribution in [0.5, 0.6) is 0 Å². The number of hydrogen-bond donors (Lipinski definition) is 2. The normalized spacial score (nSPS) is 18.0. The number of aliphatic imine (C=N–C) groups is 1. The summed E-state index contributed by atoms with van der Waals surface area (Å²) in [7, 11) is 0. The first-order valence-corrected chi connectivity index (χ1v) is 9.65. The van der Waals surface area contributed by atoms with Gasteiger partial charge in [0.05, 0.1) is 0 Å². The molecule has 1 fully saturated rings. The molecule has 0 saturated carbocycles. The molecule has 134 valence electrons. The molecule has 0 bridgehead atoms. The van der Waals surface area contributed by atoms with Crippen LogP contribution in [-0.2, 0) is 4.74 Å². The highest BCUT2D eigenvalue weighted by atomic mass is 79.9. The summed E-state index contributed by atoms with van der Waals surface area (Å²) in [5, 5.41) is 6.90. The zero-order valence-corrected chi connectivity index (χ0v) is 16.3. The first-order valence-electron chi connectivity index (χ1n) is 8.86. The Hall–Kier alpha value is -1.27. The summed E-state index contributed by atoms with van der Waals surface area (Å²) in [4.78, 5) is 7.07. The van der Waals surface area contributed by atoms with Gasteiger partial charge in [0.1, 0.15) is 0 Å². The molecular formula is C18H29BrN4O. The zero-order chi connectivity index (χ0) is 17.2. The Bertz CT molecular complexity index is 506. The van der Waals surface area contributed by atoms with Crippen molar-refractivity contribution >= 4 is 27.6 Å². The van der Waals surface area contributed by atoms with E-state index in [1.165, 1.54) is 5.69 Å². The number of anilines is 1. The molecule has 2 rings (SSSR count). The summed E-state index contributed by atoms with van der Waals surface area (Å²) < 4.78 is 6.48. The fourth-order valence-corrected chi connectivity index (χ4v) is 3.04. The number of guanidine groups is 1. The molecule has 1 aromatic rings. The van der Waals surface area contributed by atoms with Gasteiger partial charge < -0.3 is 20.3 Å². The molecule has 24 heavy (non-hydrogen) atoms. The zero-order valence-electron chi connectivity index (χ0n) is 14.7. The Morgan fingerprint density at radius 1 is 1.33 bits per heavy atom. The van der Waals surface area contributed by atoms with E-state index < -0.39 is 0 Å². The maximum atomic E-state index is 5.36. The van der Waals surface area contributed by atoms with Gasteiger partial charge in [-0.2, -0.15) is 0 Å². The quantitative estimate of drug-likeness (QED) is 0.402. The predicted molar refractivity (Wildman–Crippen MR) is 105 cm³/mol. The molecule has 0 aromatic heterocycles. The highest BCUT2D eigenvalue weighted by Crippen LogP contribution is 2.22. The highest BCUT2D eigenvalue weighted by molar-refractivity contribution is 9.10. The summed E-state index contributed by atoms with van der Waals surface area (Å²) >= 11 is 3.49. The standard InChI is InChI=1S/C18H29BrN4O/c1-3-20-18(21-11-5-13-24-4-2)22-16-10-12-23(14-16)17-8-6-15(19)7-9-17/h6-9,16H,3-5,10-14H2,1-2H3,(H2,20,21,22). The monoisotopic (exact) mass is 396 g/mol.